The van der Waals surface area contributed by atoms with Crippen molar-refractivity contribution >= 4 is 34.2 Å². The Morgan fingerprint density at radius 1 is 1.14 bits per heavy atom. The van der Waals surface area contributed by atoms with E-state index in [1.54, 1.807) is 17.5 Å². The first-order chi connectivity index (χ1) is 13.5. The predicted molar refractivity (Wildman–Crippen MR) is 103 cm³/mol. The SMILES string of the molecule is O=C(CCN1C(=O)[C@H]2CC=CC[C@H]2C1=O)Nc1nc(-c2ccc(F)cc2)cs1. The van der Waals surface area contributed by atoms with E-state index in [9.17, 15) is 18.8 Å². The summed E-state index contributed by atoms with van der Waals surface area (Å²) in [6.07, 6.45) is 5.07. The first-order valence-electron chi connectivity index (χ1n) is 9.04. The number of nitrogens with zero attached hydrogens (tertiary/aromatic N) is 2. The summed E-state index contributed by atoms with van der Waals surface area (Å²) in [6.45, 7) is 0.0761. The van der Waals surface area contributed by atoms with Crippen LogP contribution in [0.25, 0.3) is 11.3 Å². The molecule has 1 saturated heterocycles. The Morgan fingerprint density at radius 3 is 2.43 bits per heavy atom. The van der Waals surface area contributed by atoms with Crippen LogP contribution in [0.2, 0.25) is 0 Å². The molecule has 6 nitrogen and oxygen atoms in total. The molecule has 2 aliphatic rings. The van der Waals surface area contributed by atoms with Crippen LogP contribution >= 0.6 is 11.3 Å². The van der Waals surface area contributed by atoms with E-state index in [0.717, 1.165) is 5.56 Å². The molecule has 3 amide bonds. The van der Waals surface area contributed by atoms with E-state index in [1.807, 2.05) is 12.2 Å². The minimum Gasteiger partial charge on any atom is -0.302 e. The van der Waals surface area contributed by atoms with Crippen molar-refractivity contribution in [2.45, 2.75) is 19.3 Å². The lowest BCUT2D eigenvalue weighted by Gasteiger charge is -2.14. The van der Waals surface area contributed by atoms with Crippen LogP contribution in [-0.2, 0) is 14.4 Å². The Hall–Kier alpha value is -2.87. The minimum atomic E-state index is -0.325. The Balaban J connectivity index is 1.33. The smallest absolute Gasteiger partial charge is 0.233 e. The lowest BCUT2D eigenvalue weighted by atomic mass is 9.85. The van der Waals surface area contributed by atoms with Gasteiger partial charge in [-0.3, -0.25) is 19.3 Å². The molecule has 8 heteroatoms. The number of aromatic nitrogens is 1. The molecule has 1 fully saturated rings. The number of allylic oxidation sites excluding steroid dienone is 2. The van der Waals surface area contributed by atoms with Crippen molar-refractivity contribution in [1.29, 1.82) is 0 Å². The largest absolute Gasteiger partial charge is 0.302 e. The zero-order valence-electron chi connectivity index (χ0n) is 14.9. The molecule has 1 N–H and O–H groups in total. The van der Waals surface area contributed by atoms with Gasteiger partial charge in [0.15, 0.2) is 5.13 Å². The van der Waals surface area contributed by atoms with Gasteiger partial charge in [-0.2, -0.15) is 0 Å². The number of hydrogen-bond donors (Lipinski definition) is 1. The third kappa shape index (κ3) is 3.60. The molecule has 28 heavy (non-hydrogen) atoms. The van der Waals surface area contributed by atoms with Crippen LogP contribution in [0, 0.1) is 17.7 Å². The first kappa shape index (κ1) is 18.5. The highest BCUT2D eigenvalue weighted by Crippen LogP contribution is 2.35. The van der Waals surface area contributed by atoms with Crippen molar-refractivity contribution < 1.29 is 18.8 Å². The average Bonchev–Trinajstić information content (AvgIpc) is 3.25. The molecule has 0 bridgehead atoms. The summed E-state index contributed by atoms with van der Waals surface area (Å²) in [4.78, 5) is 42.6. The molecular formula is C20H18FN3O3S. The molecule has 2 heterocycles. The van der Waals surface area contributed by atoms with Gasteiger partial charge in [0.05, 0.1) is 17.5 Å². The van der Waals surface area contributed by atoms with Crippen LogP contribution in [0.3, 0.4) is 0 Å². The van der Waals surface area contributed by atoms with Crippen molar-refractivity contribution in [1.82, 2.24) is 9.88 Å². The van der Waals surface area contributed by atoms with Crippen LogP contribution in [0.4, 0.5) is 9.52 Å². The standard InChI is InChI=1S/C20H18FN3O3S/c21-13-7-5-12(6-8-13)16-11-28-20(22-16)23-17(25)9-10-24-18(26)14-3-1-2-4-15(14)19(24)27/h1-2,5-8,11,14-15H,3-4,9-10H2,(H,22,23,25)/t14-,15+. The molecule has 0 spiro atoms. The number of nitrogens with one attached hydrogen (secondary N) is 1. The number of rotatable bonds is 5. The van der Waals surface area contributed by atoms with E-state index in [4.69, 9.17) is 0 Å². The fourth-order valence-corrected chi connectivity index (χ4v) is 4.30. The van der Waals surface area contributed by atoms with Crippen LogP contribution in [0.5, 0.6) is 0 Å². The molecule has 4 rings (SSSR count). The summed E-state index contributed by atoms with van der Waals surface area (Å²) in [5.41, 5.74) is 1.39. The van der Waals surface area contributed by atoms with Gasteiger partial charge in [-0.15, -0.1) is 11.3 Å². The number of hydrogen-bond acceptors (Lipinski definition) is 5. The second kappa shape index (κ2) is 7.63. The zero-order chi connectivity index (χ0) is 19.7. The molecular weight excluding hydrogens is 381 g/mol. The maximum atomic E-state index is 13.0. The number of fused-ring (bicyclic) bond motifs is 1. The number of benzene rings is 1. The first-order valence-corrected chi connectivity index (χ1v) is 9.92. The van der Waals surface area contributed by atoms with E-state index in [1.165, 1.54) is 28.4 Å². The van der Waals surface area contributed by atoms with Crippen molar-refractivity contribution in [2.75, 3.05) is 11.9 Å². The Kier molecular flexibility index (Phi) is 5.04. The van der Waals surface area contributed by atoms with Gasteiger partial charge in [-0.25, -0.2) is 9.37 Å². The van der Waals surface area contributed by atoms with Gasteiger partial charge < -0.3 is 5.32 Å². The second-order valence-electron chi connectivity index (χ2n) is 6.83. The van der Waals surface area contributed by atoms with Crippen LogP contribution in [0.1, 0.15) is 19.3 Å². The molecule has 0 saturated carbocycles. The van der Waals surface area contributed by atoms with Gasteiger partial charge in [-0.05, 0) is 37.1 Å². The lowest BCUT2D eigenvalue weighted by molar-refractivity contribution is -0.140. The van der Waals surface area contributed by atoms with Gasteiger partial charge in [0.25, 0.3) is 0 Å². The quantitative estimate of drug-likeness (QED) is 0.618. The fourth-order valence-electron chi connectivity index (χ4n) is 3.57. The Bertz CT molecular complexity index is 928. The average molecular weight is 399 g/mol. The molecule has 1 aliphatic carbocycles. The molecule has 2 atom stereocenters. The van der Waals surface area contributed by atoms with Gasteiger partial charge in [0.1, 0.15) is 5.82 Å². The summed E-state index contributed by atoms with van der Waals surface area (Å²) < 4.78 is 13.0. The number of likely N-dealkylation sites (tertiary alicyclic amines) is 1. The van der Waals surface area contributed by atoms with Crippen LogP contribution in [-0.4, -0.2) is 34.2 Å². The molecule has 0 radical (unpaired) electrons. The lowest BCUT2D eigenvalue weighted by Crippen LogP contribution is -2.34. The van der Waals surface area contributed by atoms with E-state index in [2.05, 4.69) is 10.3 Å². The number of halogens is 1. The summed E-state index contributed by atoms with van der Waals surface area (Å²) in [6, 6.07) is 5.94. The third-order valence-electron chi connectivity index (χ3n) is 5.05. The summed E-state index contributed by atoms with van der Waals surface area (Å²) >= 11 is 1.26. The normalized spacial score (nSPS) is 21.1. The maximum Gasteiger partial charge on any atom is 0.233 e. The third-order valence-corrected chi connectivity index (χ3v) is 5.81. The second-order valence-corrected chi connectivity index (χ2v) is 7.68. The number of amides is 3. The van der Waals surface area contributed by atoms with Gasteiger partial charge in [0.2, 0.25) is 17.7 Å². The Morgan fingerprint density at radius 2 is 1.79 bits per heavy atom. The zero-order valence-corrected chi connectivity index (χ0v) is 15.7. The topological polar surface area (TPSA) is 79.4 Å². The summed E-state index contributed by atoms with van der Waals surface area (Å²) in [5.74, 6) is -1.56. The van der Waals surface area contributed by atoms with Crippen molar-refractivity contribution in [3.63, 3.8) is 0 Å². The van der Waals surface area contributed by atoms with E-state index in [0.29, 0.717) is 23.7 Å². The molecule has 2 aromatic rings. The van der Waals surface area contributed by atoms with Crippen molar-refractivity contribution in [3.05, 3.63) is 47.6 Å². The van der Waals surface area contributed by atoms with E-state index < -0.39 is 0 Å². The number of carbonyl (C=O) groups is 3. The van der Waals surface area contributed by atoms with Gasteiger partial charge >= 0.3 is 0 Å². The summed E-state index contributed by atoms with van der Waals surface area (Å²) in [7, 11) is 0. The Labute approximate surface area is 165 Å². The molecule has 0 unspecified atom stereocenters. The van der Waals surface area contributed by atoms with Gasteiger partial charge in [-0.1, -0.05) is 12.2 Å². The molecule has 144 valence electrons. The van der Waals surface area contributed by atoms with Gasteiger partial charge in [0, 0.05) is 23.9 Å². The van der Waals surface area contributed by atoms with E-state index in [-0.39, 0.29) is 48.3 Å². The minimum absolute atomic E-state index is 0.0236. The number of carbonyl (C=O) groups excluding carboxylic acids is 3. The van der Waals surface area contributed by atoms with Crippen LogP contribution < -0.4 is 5.32 Å². The van der Waals surface area contributed by atoms with E-state index >= 15 is 0 Å². The van der Waals surface area contributed by atoms with Crippen LogP contribution in [0.15, 0.2) is 41.8 Å². The molecule has 1 aliphatic heterocycles. The monoisotopic (exact) mass is 399 g/mol. The number of anilines is 1. The fraction of sp³-hybridized carbons (Fsp3) is 0.300. The number of thiazole rings is 1. The molecule has 1 aromatic heterocycles. The van der Waals surface area contributed by atoms with Crippen molar-refractivity contribution in [2.24, 2.45) is 11.8 Å². The highest BCUT2D eigenvalue weighted by atomic mass is 32.1. The molecule has 1 aromatic carbocycles. The predicted octanol–water partition coefficient (Wildman–Crippen LogP) is 3.23. The number of imide groups is 1. The highest BCUT2D eigenvalue weighted by Gasteiger charge is 2.46. The maximum absolute atomic E-state index is 13.0. The highest BCUT2D eigenvalue weighted by molar-refractivity contribution is 7.14. The summed E-state index contributed by atoms with van der Waals surface area (Å²) in [5, 5.41) is 4.88. The van der Waals surface area contributed by atoms with Crippen molar-refractivity contribution in [3.8, 4) is 11.3 Å².